The van der Waals surface area contributed by atoms with Crippen LogP contribution in [0, 0.1) is 34.0 Å². The molecule has 5 aromatic heterocycles. The highest BCUT2D eigenvalue weighted by Gasteiger charge is 2.45. The zero-order valence-electron chi connectivity index (χ0n) is 50.9. The van der Waals surface area contributed by atoms with Crippen molar-refractivity contribution >= 4 is 64.7 Å². The average molecular weight is 1260 g/mol. The van der Waals surface area contributed by atoms with Crippen LogP contribution in [0.5, 0.6) is 0 Å². The number of carboxylic acids is 1. The number of carbonyl (C=O) groups excluding carboxylic acids is 2. The SMILES string of the molecule is CN=C(C=O)C=CN.Cn1nccc1/C=C/C#N.Cn1nccc1CCCN.Cn1nccc1CCCNC(=O)c1cc(-c2ccccc2)no1.N#CCCl.N#CC[P+](c1ccccc1)(c1ccccc1)c1ccccc1.O=C(O)c1cc(-c2ccccc2)no1. The van der Waals surface area contributed by atoms with Gasteiger partial charge in [0.15, 0.2) is 12.4 Å². The lowest BCUT2D eigenvalue weighted by atomic mass is 10.1. The van der Waals surface area contributed by atoms with Gasteiger partial charge in [-0.3, -0.25) is 28.6 Å². The lowest BCUT2D eigenvalue weighted by Gasteiger charge is -2.25. The molecule has 0 fully saturated rings. The Balaban J connectivity index is 0.000000240. The number of hydrogen-bond donors (Lipinski definition) is 4. The Morgan fingerprint density at radius 3 is 1.45 bits per heavy atom. The molecular formula is C68H72ClN15O6P+. The minimum absolute atomic E-state index is 0.0972. The van der Waals surface area contributed by atoms with Gasteiger partial charge in [-0.1, -0.05) is 126 Å². The molecule has 23 heteroatoms. The lowest BCUT2D eigenvalue weighted by Crippen LogP contribution is -2.32. The molecule has 5 heterocycles. The van der Waals surface area contributed by atoms with E-state index in [2.05, 4.69) is 119 Å². The van der Waals surface area contributed by atoms with Gasteiger partial charge in [-0.05, 0) is 105 Å². The summed E-state index contributed by atoms with van der Waals surface area (Å²) in [6.07, 6.45) is 16.1. The van der Waals surface area contributed by atoms with Gasteiger partial charge in [0.25, 0.3) is 5.91 Å². The zero-order chi connectivity index (χ0) is 65.9. The summed E-state index contributed by atoms with van der Waals surface area (Å²) in [4.78, 5) is 36.0. The van der Waals surface area contributed by atoms with E-state index in [1.807, 2.05) is 140 Å². The van der Waals surface area contributed by atoms with Crippen LogP contribution in [0.3, 0.4) is 0 Å². The molecule has 21 nitrogen and oxygen atoms in total. The fraction of sp³-hybridized carbons (Fsp3) is 0.176. The van der Waals surface area contributed by atoms with Crippen molar-refractivity contribution in [3.8, 4) is 40.7 Å². The zero-order valence-corrected chi connectivity index (χ0v) is 52.6. The molecule has 0 aliphatic rings. The van der Waals surface area contributed by atoms with Gasteiger partial charge in [-0.25, -0.2) is 4.79 Å². The molecule has 0 saturated carbocycles. The Hall–Kier alpha value is -11.1. The summed E-state index contributed by atoms with van der Waals surface area (Å²) in [7, 11) is 5.31. The highest BCUT2D eigenvalue weighted by atomic mass is 35.5. The van der Waals surface area contributed by atoms with Crippen LogP contribution in [0.2, 0.25) is 0 Å². The molecule has 10 rings (SSSR count). The molecule has 6 N–H and O–H groups in total. The maximum Gasteiger partial charge on any atom is 0.374 e. The van der Waals surface area contributed by atoms with Gasteiger partial charge in [0.1, 0.15) is 46.5 Å². The van der Waals surface area contributed by atoms with Crippen molar-refractivity contribution in [1.29, 1.82) is 15.8 Å². The molecule has 1 amide bonds. The molecular weight excluding hydrogens is 1190 g/mol. The van der Waals surface area contributed by atoms with E-state index < -0.39 is 13.2 Å². The van der Waals surface area contributed by atoms with Crippen molar-refractivity contribution in [2.24, 2.45) is 37.6 Å². The summed E-state index contributed by atoms with van der Waals surface area (Å²) >= 11 is 4.82. The fourth-order valence-electron chi connectivity index (χ4n) is 8.19. The third kappa shape index (κ3) is 24.5. The highest BCUT2D eigenvalue weighted by Crippen LogP contribution is 2.54. The van der Waals surface area contributed by atoms with Gasteiger partial charge >= 0.3 is 5.97 Å². The van der Waals surface area contributed by atoms with Crippen LogP contribution in [-0.2, 0) is 38.8 Å². The molecule has 0 unspecified atom stereocenters. The van der Waals surface area contributed by atoms with E-state index in [4.69, 9.17) is 43.2 Å². The summed E-state index contributed by atoms with van der Waals surface area (Å²) in [5, 5.41) is 60.2. The number of rotatable bonds is 18. The average Bonchev–Trinajstić information content (AvgIpc) is 1.59. The number of amides is 1. The number of aryl methyl sites for hydroxylation is 5. The number of nitrogens with two attached hydrogens (primary N) is 2. The summed E-state index contributed by atoms with van der Waals surface area (Å²) in [6.45, 7) is 1.33. The number of aromatic nitrogens is 8. The van der Waals surface area contributed by atoms with E-state index in [9.17, 15) is 19.6 Å². The second-order valence-corrected chi connectivity index (χ2v) is 22.5. The summed E-state index contributed by atoms with van der Waals surface area (Å²) < 4.78 is 15.2. The van der Waals surface area contributed by atoms with E-state index in [0.717, 1.165) is 54.7 Å². The second-order valence-electron chi connectivity index (χ2n) is 18.7. The molecule has 466 valence electrons. The van der Waals surface area contributed by atoms with Gasteiger partial charge in [-0.2, -0.15) is 31.1 Å². The standard InChI is InChI=1S/C20H17NP.C17H18N4O2.C10H7NO3.C7H13N3.C7H7N3.C5H8N2O.C2H2ClN/c21-16-17-22(18-10-4-1-5-11-18,19-12-6-2-7-13-19)20-14-8-3-9-15-20;1-21-14(9-11-19-21)8-5-10-18-17(22)16-12-15(20-23-16)13-6-3-2-4-7-13;12-10(13)9-6-8(11-14-9)7-4-2-1-3-5-7;2*1-10-7(3-2-5-8)4-6-9-10;1-7-5(4-8)2-3-6;3-1-2-4/h1-15H,17H2;2-4,6-7,9,11-12H,5,8,10H2,1H3,(H,18,22);1-6H,(H,12,13);4,6H,2-3,5,8H2,1H3;2-4,6H,1H3;2-4H,6H2,1H3;1H2/q+1;;;;;;/b;;;;3-2+;;. The Morgan fingerprint density at radius 2 is 1.10 bits per heavy atom. The number of aliphatic imine (C=N–C) groups is 1. The number of halogens is 1. The van der Waals surface area contributed by atoms with Gasteiger partial charge in [0, 0.05) is 94.0 Å². The Labute approximate surface area is 535 Å². The van der Waals surface area contributed by atoms with Crippen LogP contribution >= 0.6 is 18.9 Å². The van der Waals surface area contributed by atoms with Gasteiger partial charge < -0.3 is 30.9 Å². The van der Waals surface area contributed by atoms with E-state index in [-0.39, 0.29) is 23.3 Å². The predicted molar refractivity (Wildman–Crippen MR) is 358 cm³/mol. The minimum atomic E-state index is -1.91. The topological polar surface area (TPSA) is 325 Å². The number of carboxylic acid groups (broad SMARTS) is 1. The second kappa shape index (κ2) is 41.9. The first-order chi connectivity index (χ1) is 44.3. The predicted octanol–water partition coefficient (Wildman–Crippen LogP) is 9.73. The monoisotopic (exact) mass is 1260 g/mol. The number of benzene rings is 5. The minimum Gasteiger partial charge on any atom is -0.475 e. The van der Waals surface area contributed by atoms with Crippen molar-refractivity contribution in [3.05, 3.63) is 248 Å². The molecule has 5 aromatic carbocycles. The summed E-state index contributed by atoms with van der Waals surface area (Å²) in [5.74, 6) is -1.18. The maximum atomic E-state index is 12.1. The van der Waals surface area contributed by atoms with E-state index >= 15 is 0 Å². The number of aldehydes is 1. The first kappa shape index (κ1) is 72.3. The number of nitrogens with one attached hydrogen (secondary N) is 1. The number of allylic oxidation sites excluding steroid dienone is 2. The van der Waals surface area contributed by atoms with Crippen LogP contribution < -0.4 is 32.7 Å². The fourth-order valence-corrected chi connectivity index (χ4v) is 11.9. The maximum absolute atomic E-state index is 12.1. The lowest BCUT2D eigenvalue weighted by molar-refractivity contribution is -0.102. The first-order valence-electron chi connectivity index (χ1n) is 28.2. The van der Waals surface area contributed by atoms with Gasteiger partial charge in [-0.15, -0.1) is 11.6 Å². The van der Waals surface area contributed by atoms with Crippen molar-refractivity contribution < 1.29 is 28.5 Å². The largest absolute Gasteiger partial charge is 0.475 e. The molecule has 0 spiro atoms. The Kier molecular flexibility index (Phi) is 33.3. The van der Waals surface area contributed by atoms with Crippen LogP contribution in [0.1, 0.15) is 51.0 Å². The first-order valence-corrected chi connectivity index (χ1v) is 30.7. The highest BCUT2D eigenvalue weighted by molar-refractivity contribution is 7.95. The molecule has 0 aliphatic heterocycles. The third-order valence-electron chi connectivity index (χ3n) is 12.8. The van der Waals surface area contributed by atoms with Gasteiger partial charge in [0.2, 0.25) is 11.5 Å². The van der Waals surface area contributed by atoms with Gasteiger partial charge in [0.05, 0.1) is 23.5 Å². The van der Waals surface area contributed by atoms with Crippen molar-refractivity contribution in [2.45, 2.75) is 25.7 Å². The van der Waals surface area contributed by atoms with E-state index in [1.54, 1.807) is 35.3 Å². The quantitative estimate of drug-likeness (QED) is 0.0155. The third-order valence-corrected chi connectivity index (χ3v) is 17.0. The number of carbonyl (C=O) groups is 3. The molecule has 0 aliphatic carbocycles. The smallest absolute Gasteiger partial charge is 0.374 e. The molecule has 0 radical (unpaired) electrons. The van der Waals surface area contributed by atoms with Crippen LogP contribution in [0.15, 0.2) is 233 Å². The number of aromatic carboxylic acids is 1. The van der Waals surface area contributed by atoms with Crippen molar-refractivity contribution in [3.63, 3.8) is 0 Å². The number of nitrogens with zero attached hydrogens (tertiary/aromatic N) is 12. The summed E-state index contributed by atoms with van der Waals surface area (Å²) in [6, 6.07) is 65.2. The number of hydrogen-bond acceptors (Lipinski definition) is 16. The Morgan fingerprint density at radius 1 is 0.659 bits per heavy atom. The molecule has 0 atom stereocenters. The number of nitriles is 3. The van der Waals surface area contributed by atoms with Crippen LogP contribution in [-0.4, -0.2) is 101 Å². The molecule has 10 aromatic rings. The molecule has 0 saturated heterocycles. The summed E-state index contributed by atoms with van der Waals surface area (Å²) in [5.41, 5.74) is 17.0. The van der Waals surface area contributed by atoms with Crippen LogP contribution in [0.4, 0.5) is 0 Å². The van der Waals surface area contributed by atoms with Crippen LogP contribution in [0.25, 0.3) is 28.6 Å². The number of alkyl halides is 1. The normalized spacial score (nSPS) is 10.4. The van der Waals surface area contributed by atoms with E-state index in [1.165, 1.54) is 53.1 Å². The molecule has 91 heavy (non-hydrogen) atoms. The van der Waals surface area contributed by atoms with Crippen molar-refractivity contribution in [2.75, 3.05) is 32.2 Å². The molecule has 0 bridgehead atoms. The van der Waals surface area contributed by atoms with Crippen molar-refractivity contribution in [1.82, 2.24) is 45.0 Å². The van der Waals surface area contributed by atoms with E-state index in [0.29, 0.717) is 36.1 Å². The Bertz CT molecular complexity index is 3820.